The second-order valence-electron chi connectivity index (χ2n) is 11.9. The molecule has 2 N–H and O–H groups in total. The molecule has 2 aliphatic heterocycles. The van der Waals surface area contributed by atoms with Gasteiger partial charge >= 0.3 is 0 Å². The molecule has 0 bridgehead atoms. The van der Waals surface area contributed by atoms with Gasteiger partial charge in [-0.05, 0) is 90.4 Å². The Morgan fingerprint density at radius 3 is 2.36 bits per heavy atom. The van der Waals surface area contributed by atoms with E-state index in [4.69, 9.17) is 0 Å². The van der Waals surface area contributed by atoms with E-state index in [9.17, 15) is 0 Å². The number of rotatable bonds is 4. The normalized spacial score (nSPS) is 15.7. The fraction of sp³-hybridized carbons (Fsp3) is 0.0750. The second-order valence-corrected chi connectivity index (χ2v) is 11.9. The van der Waals surface area contributed by atoms with Crippen LogP contribution in [0, 0.1) is 0 Å². The molecule has 0 saturated carbocycles. The van der Waals surface area contributed by atoms with Crippen molar-refractivity contribution in [2.75, 3.05) is 6.54 Å². The number of pyridine rings is 1. The summed E-state index contributed by atoms with van der Waals surface area (Å²) in [6.45, 7) is 2.93. The summed E-state index contributed by atoms with van der Waals surface area (Å²) in [4.78, 5) is 4.54. The fourth-order valence-electron chi connectivity index (χ4n) is 7.07. The number of fused-ring (bicyclic) bond motifs is 6. The molecule has 4 aromatic carbocycles. The lowest BCUT2D eigenvalue weighted by Gasteiger charge is -2.21. The molecule has 0 fully saturated rings. The summed E-state index contributed by atoms with van der Waals surface area (Å²) in [7, 11) is 0. The van der Waals surface area contributed by atoms with Gasteiger partial charge in [-0.1, -0.05) is 54.6 Å². The van der Waals surface area contributed by atoms with E-state index in [1.807, 2.05) is 12.4 Å². The first-order valence-electron chi connectivity index (χ1n) is 15.5. The highest BCUT2D eigenvalue weighted by molar-refractivity contribution is 6.10. The number of nitrogens with one attached hydrogen (secondary N) is 2. The number of dihydropyridines is 1. The summed E-state index contributed by atoms with van der Waals surface area (Å²) >= 11 is 0. The van der Waals surface area contributed by atoms with Crippen LogP contribution in [0.4, 0.5) is 0 Å². The standard InChI is InChI=1S/C40H31N5/c1-26-7-5-12-36(43-26)29-8-6-11-31(21-29)45-38-16-14-28(23-33(38)35-25-42-20-18-40(35)45)27-13-15-37-32(22-27)34-24-41-19-17-39(34)44(37)30-9-3-2-4-10-30/h2-18,20-25,36,41,43H,19H2,1H3. The van der Waals surface area contributed by atoms with E-state index in [2.05, 4.69) is 159 Å². The van der Waals surface area contributed by atoms with Crippen LogP contribution in [0.15, 0.2) is 133 Å². The monoisotopic (exact) mass is 581 g/mol. The van der Waals surface area contributed by atoms with Crippen molar-refractivity contribution in [1.29, 1.82) is 0 Å². The lowest BCUT2D eigenvalue weighted by molar-refractivity contribution is 0.704. The van der Waals surface area contributed by atoms with Gasteiger partial charge in [0.1, 0.15) is 0 Å². The molecule has 0 spiro atoms. The van der Waals surface area contributed by atoms with Crippen LogP contribution in [0.1, 0.15) is 18.5 Å². The SMILES string of the molecule is CC1=CC=CC(c2cccc(-n3c4ccncc4c4cc(-c5ccc6c(c5)c5c(n6-c6ccccc6)=CCNC=5)ccc43)c2)N1. The Hall–Kier alpha value is -5.81. The van der Waals surface area contributed by atoms with Gasteiger partial charge in [-0.15, -0.1) is 0 Å². The maximum Gasteiger partial charge on any atom is 0.0698 e. The third-order valence-corrected chi connectivity index (χ3v) is 9.14. The first kappa shape index (κ1) is 25.7. The zero-order valence-corrected chi connectivity index (χ0v) is 24.9. The smallest absolute Gasteiger partial charge is 0.0698 e. The summed E-state index contributed by atoms with van der Waals surface area (Å²) in [5.41, 5.74) is 10.6. The molecule has 5 nitrogen and oxygen atoms in total. The van der Waals surface area contributed by atoms with E-state index in [-0.39, 0.29) is 6.04 Å². The average Bonchev–Trinajstić information content (AvgIpc) is 3.61. The predicted molar refractivity (Wildman–Crippen MR) is 186 cm³/mol. The van der Waals surface area contributed by atoms with Gasteiger partial charge in [-0.2, -0.15) is 0 Å². The Labute approximate surface area is 260 Å². The number of hydrogen-bond acceptors (Lipinski definition) is 3. The fourth-order valence-corrected chi connectivity index (χ4v) is 7.07. The van der Waals surface area contributed by atoms with E-state index >= 15 is 0 Å². The Morgan fingerprint density at radius 1 is 0.733 bits per heavy atom. The van der Waals surface area contributed by atoms with Crippen molar-refractivity contribution >= 4 is 45.0 Å². The van der Waals surface area contributed by atoms with Crippen LogP contribution >= 0.6 is 0 Å². The van der Waals surface area contributed by atoms with Crippen molar-refractivity contribution in [2.45, 2.75) is 13.0 Å². The van der Waals surface area contributed by atoms with Crippen molar-refractivity contribution in [1.82, 2.24) is 24.8 Å². The largest absolute Gasteiger partial charge is 0.387 e. The van der Waals surface area contributed by atoms with E-state index in [1.165, 1.54) is 60.4 Å². The Kier molecular flexibility index (Phi) is 5.78. The lowest BCUT2D eigenvalue weighted by Crippen LogP contribution is -2.35. The molecule has 0 radical (unpaired) electrons. The second kappa shape index (κ2) is 10.1. The molecular weight excluding hydrogens is 550 g/mol. The van der Waals surface area contributed by atoms with Crippen LogP contribution in [-0.2, 0) is 0 Å². The molecule has 0 amide bonds. The molecule has 45 heavy (non-hydrogen) atoms. The van der Waals surface area contributed by atoms with Crippen LogP contribution in [0.5, 0.6) is 0 Å². The zero-order chi connectivity index (χ0) is 29.9. The van der Waals surface area contributed by atoms with E-state index < -0.39 is 0 Å². The van der Waals surface area contributed by atoms with Gasteiger partial charge in [0.05, 0.1) is 27.9 Å². The zero-order valence-electron chi connectivity index (χ0n) is 24.9. The maximum absolute atomic E-state index is 4.54. The summed E-state index contributed by atoms with van der Waals surface area (Å²) in [5.74, 6) is 0. The van der Waals surface area contributed by atoms with Crippen LogP contribution < -0.4 is 21.2 Å². The number of allylic oxidation sites excluding steroid dienone is 3. The Morgan fingerprint density at radius 2 is 1.51 bits per heavy atom. The third-order valence-electron chi connectivity index (χ3n) is 9.14. The minimum atomic E-state index is 0.152. The number of para-hydroxylation sites is 1. The van der Waals surface area contributed by atoms with E-state index in [0.29, 0.717) is 0 Å². The molecule has 0 aliphatic carbocycles. The van der Waals surface area contributed by atoms with Gasteiger partial charge in [0, 0.05) is 63.6 Å². The summed E-state index contributed by atoms with van der Waals surface area (Å²) < 4.78 is 4.74. The predicted octanol–water partition coefficient (Wildman–Crippen LogP) is 7.02. The highest BCUT2D eigenvalue weighted by Crippen LogP contribution is 2.36. The minimum Gasteiger partial charge on any atom is -0.387 e. The van der Waals surface area contributed by atoms with Crippen molar-refractivity contribution in [3.05, 3.63) is 150 Å². The van der Waals surface area contributed by atoms with Gasteiger partial charge in [-0.25, -0.2) is 0 Å². The highest BCUT2D eigenvalue weighted by atomic mass is 15.0. The molecule has 3 aromatic heterocycles. The topological polar surface area (TPSA) is 46.8 Å². The summed E-state index contributed by atoms with van der Waals surface area (Å²) in [5, 5.41) is 13.1. The Balaban J connectivity index is 1.20. The molecule has 5 heterocycles. The number of nitrogens with zero attached hydrogens (tertiary/aromatic N) is 3. The molecular formula is C40H31N5. The van der Waals surface area contributed by atoms with Gasteiger partial charge < -0.3 is 19.8 Å². The van der Waals surface area contributed by atoms with Gasteiger partial charge in [0.15, 0.2) is 0 Å². The maximum atomic E-state index is 4.54. The van der Waals surface area contributed by atoms with Crippen molar-refractivity contribution in [2.24, 2.45) is 0 Å². The van der Waals surface area contributed by atoms with Gasteiger partial charge in [0.2, 0.25) is 0 Å². The van der Waals surface area contributed by atoms with Gasteiger partial charge in [0.25, 0.3) is 0 Å². The molecule has 9 rings (SSSR count). The van der Waals surface area contributed by atoms with Crippen molar-refractivity contribution in [3.8, 4) is 22.5 Å². The summed E-state index contributed by atoms with van der Waals surface area (Å²) in [6.07, 6.45) is 14.8. The van der Waals surface area contributed by atoms with Crippen LogP contribution in [0.2, 0.25) is 0 Å². The molecule has 5 heteroatoms. The quantitative estimate of drug-likeness (QED) is 0.235. The van der Waals surface area contributed by atoms with Crippen LogP contribution in [0.3, 0.4) is 0 Å². The number of benzene rings is 4. The first-order chi connectivity index (χ1) is 22.2. The highest BCUT2D eigenvalue weighted by Gasteiger charge is 2.17. The summed E-state index contributed by atoms with van der Waals surface area (Å²) in [6, 6.07) is 35.5. The number of hydrogen-bond donors (Lipinski definition) is 2. The lowest BCUT2D eigenvalue weighted by atomic mass is 10.0. The molecule has 0 saturated heterocycles. The third kappa shape index (κ3) is 4.12. The van der Waals surface area contributed by atoms with Crippen LogP contribution in [-0.4, -0.2) is 20.7 Å². The van der Waals surface area contributed by atoms with Crippen LogP contribution in [0.25, 0.3) is 67.5 Å². The molecule has 2 aliphatic rings. The molecule has 216 valence electrons. The van der Waals surface area contributed by atoms with Crippen molar-refractivity contribution in [3.63, 3.8) is 0 Å². The van der Waals surface area contributed by atoms with E-state index in [1.54, 1.807) is 0 Å². The minimum absolute atomic E-state index is 0.152. The molecule has 7 aromatic rings. The number of aromatic nitrogens is 3. The van der Waals surface area contributed by atoms with Gasteiger partial charge in [-0.3, -0.25) is 4.98 Å². The Bertz CT molecular complexity index is 2480. The first-order valence-corrected chi connectivity index (χ1v) is 15.5. The van der Waals surface area contributed by atoms with Crippen molar-refractivity contribution < 1.29 is 0 Å². The molecule has 1 atom stereocenters. The van der Waals surface area contributed by atoms with E-state index in [0.717, 1.165) is 23.1 Å². The average molecular weight is 582 g/mol. The molecule has 1 unspecified atom stereocenters.